The molecule has 0 radical (unpaired) electrons. The molecule has 88 valence electrons. The normalized spacial score (nSPS) is 11.4. The van der Waals surface area contributed by atoms with Crippen molar-refractivity contribution >= 4 is 35.0 Å². The van der Waals surface area contributed by atoms with E-state index in [1.165, 1.54) is 11.8 Å². The second-order valence-electron chi connectivity index (χ2n) is 4.16. The van der Waals surface area contributed by atoms with E-state index < -0.39 is 11.4 Å². The fourth-order valence-electron chi connectivity index (χ4n) is 0.953. The summed E-state index contributed by atoms with van der Waals surface area (Å²) in [7, 11) is 0. The van der Waals surface area contributed by atoms with Crippen LogP contribution in [-0.2, 0) is 4.79 Å². The summed E-state index contributed by atoms with van der Waals surface area (Å²) in [6.45, 7) is 3.37. The first kappa shape index (κ1) is 13.2. The molecule has 0 amide bonds. The van der Waals surface area contributed by atoms with Crippen LogP contribution in [0.2, 0.25) is 5.02 Å². The highest BCUT2D eigenvalue weighted by Gasteiger charge is 2.27. The summed E-state index contributed by atoms with van der Waals surface area (Å²) >= 11 is 7.25. The molecule has 16 heavy (non-hydrogen) atoms. The van der Waals surface area contributed by atoms with Crippen LogP contribution >= 0.6 is 23.4 Å². The molecular formula is C11H14ClNO2S. The Labute approximate surface area is 104 Å². The van der Waals surface area contributed by atoms with Crippen LogP contribution in [0, 0.1) is 5.41 Å². The van der Waals surface area contributed by atoms with Gasteiger partial charge in [-0.1, -0.05) is 11.6 Å². The highest BCUT2D eigenvalue weighted by atomic mass is 35.5. The molecule has 0 atom stereocenters. The summed E-state index contributed by atoms with van der Waals surface area (Å²) in [6, 6.07) is 5.18. The molecule has 3 nitrogen and oxygen atoms in total. The third-order valence-electron chi connectivity index (χ3n) is 2.14. The van der Waals surface area contributed by atoms with Gasteiger partial charge >= 0.3 is 5.97 Å². The number of halogens is 1. The Kier molecular flexibility index (Phi) is 4.10. The van der Waals surface area contributed by atoms with Gasteiger partial charge in [0.1, 0.15) is 0 Å². The second kappa shape index (κ2) is 4.97. The van der Waals surface area contributed by atoms with Gasteiger partial charge in [0, 0.05) is 21.4 Å². The molecule has 3 N–H and O–H groups in total. The maximum absolute atomic E-state index is 10.9. The lowest BCUT2D eigenvalue weighted by molar-refractivity contribution is -0.145. The summed E-state index contributed by atoms with van der Waals surface area (Å²) < 4.78 is 0. The van der Waals surface area contributed by atoms with E-state index in [2.05, 4.69) is 0 Å². The zero-order chi connectivity index (χ0) is 12.3. The van der Waals surface area contributed by atoms with E-state index >= 15 is 0 Å². The molecule has 0 spiro atoms. The first-order chi connectivity index (χ1) is 7.33. The summed E-state index contributed by atoms with van der Waals surface area (Å²) in [4.78, 5) is 11.7. The fraction of sp³-hybridized carbons (Fsp3) is 0.364. The largest absolute Gasteiger partial charge is 0.481 e. The van der Waals surface area contributed by atoms with Gasteiger partial charge in [0.15, 0.2) is 0 Å². The van der Waals surface area contributed by atoms with E-state index in [-0.39, 0.29) is 0 Å². The Morgan fingerprint density at radius 1 is 1.56 bits per heavy atom. The molecule has 1 rings (SSSR count). The van der Waals surface area contributed by atoms with Crippen molar-refractivity contribution in [2.75, 3.05) is 11.5 Å². The summed E-state index contributed by atoms with van der Waals surface area (Å²) in [5.41, 5.74) is 5.61. The van der Waals surface area contributed by atoms with E-state index in [1.54, 1.807) is 32.0 Å². The third-order valence-corrected chi connectivity index (χ3v) is 3.91. The van der Waals surface area contributed by atoms with Crippen LogP contribution in [0.15, 0.2) is 23.1 Å². The molecule has 0 heterocycles. The van der Waals surface area contributed by atoms with E-state index in [0.29, 0.717) is 16.5 Å². The lowest BCUT2D eigenvalue weighted by Crippen LogP contribution is -2.26. The molecule has 1 aromatic carbocycles. The van der Waals surface area contributed by atoms with Gasteiger partial charge in [-0.3, -0.25) is 4.79 Å². The van der Waals surface area contributed by atoms with Gasteiger partial charge < -0.3 is 10.8 Å². The Bertz CT molecular complexity index is 407. The van der Waals surface area contributed by atoms with Crippen LogP contribution in [0.4, 0.5) is 5.69 Å². The number of benzene rings is 1. The highest BCUT2D eigenvalue weighted by molar-refractivity contribution is 7.99. The Balaban J connectivity index is 2.75. The lowest BCUT2D eigenvalue weighted by atomic mass is 9.97. The topological polar surface area (TPSA) is 63.3 Å². The van der Waals surface area contributed by atoms with Crippen LogP contribution in [0.1, 0.15) is 13.8 Å². The minimum Gasteiger partial charge on any atom is -0.481 e. The molecular weight excluding hydrogens is 246 g/mol. The lowest BCUT2D eigenvalue weighted by Gasteiger charge is -2.18. The number of aliphatic carboxylic acids is 1. The third kappa shape index (κ3) is 3.32. The van der Waals surface area contributed by atoms with Gasteiger partial charge in [0.25, 0.3) is 0 Å². The first-order valence-electron chi connectivity index (χ1n) is 4.74. The Morgan fingerprint density at radius 3 is 2.75 bits per heavy atom. The molecule has 0 bridgehead atoms. The number of hydrogen-bond donors (Lipinski definition) is 2. The fourth-order valence-corrected chi connectivity index (χ4v) is 2.27. The molecule has 1 aromatic rings. The maximum Gasteiger partial charge on any atom is 0.309 e. The SMILES string of the molecule is CC(C)(CSc1cc(Cl)ccc1N)C(=O)O. The maximum atomic E-state index is 10.9. The predicted molar refractivity (Wildman–Crippen MR) is 68.0 cm³/mol. The molecule has 0 aliphatic carbocycles. The van der Waals surface area contributed by atoms with E-state index in [9.17, 15) is 4.79 Å². The van der Waals surface area contributed by atoms with Crippen LogP contribution in [0.25, 0.3) is 0 Å². The molecule has 0 saturated carbocycles. The van der Waals surface area contributed by atoms with Gasteiger partial charge in [-0.25, -0.2) is 0 Å². The van der Waals surface area contributed by atoms with Crippen LogP contribution in [0.3, 0.4) is 0 Å². The summed E-state index contributed by atoms with van der Waals surface area (Å²) in [5, 5.41) is 9.57. The number of carboxylic acids is 1. The van der Waals surface area contributed by atoms with E-state index in [0.717, 1.165) is 4.90 Å². The molecule has 0 aliphatic rings. The van der Waals surface area contributed by atoms with Crippen molar-refractivity contribution in [2.45, 2.75) is 18.7 Å². The Morgan fingerprint density at radius 2 is 2.19 bits per heavy atom. The van der Waals surface area contributed by atoms with Crippen molar-refractivity contribution in [3.8, 4) is 0 Å². The number of carbonyl (C=O) groups is 1. The van der Waals surface area contributed by atoms with Crippen molar-refractivity contribution in [3.05, 3.63) is 23.2 Å². The van der Waals surface area contributed by atoms with Crippen LogP contribution in [0.5, 0.6) is 0 Å². The Hall–Kier alpha value is -0.870. The first-order valence-corrected chi connectivity index (χ1v) is 6.10. The minimum atomic E-state index is -0.819. The number of rotatable bonds is 4. The monoisotopic (exact) mass is 259 g/mol. The molecule has 0 saturated heterocycles. The number of nitrogen functional groups attached to an aromatic ring is 1. The number of nitrogens with two attached hydrogens (primary N) is 1. The molecule has 0 aliphatic heterocycles. The van der Waals surface area contributed by atoms with Gasteiger partial charge in [0.05, 0.1) is 5.41 Å². The van der Waals surface area contributed by atoms with E-state index in [4.69, 9.17) is 22.4 Å². The van der Waals surface area contributed by atoms with Gasteiger partial charge in [0.2, 0.25) is 0 Å². The van der Waals surface area contributed by atoms with Crippen molar-refractivity contribution in [1.29, 1.82) is 0 Å². The minimum absolute atomic E-state index is 0.451. The zero-order valence-corrected chi connectivity index (χ0v) is 10.7. The molecule has 0 fully saturated rings. The van der Waals surface area contributed by atoms with Crippen LogP contribution < -0.4 is 5.73 Å². The van der Waals surface area contributed by atoms with Crippen molar-refractivity contribution in [2.24, 2.45) is 5.41 Å². The standard InChI is InChI=1S/C11H14ClNO2S/c1-11(2,10(14)15)6-16-9-5-7(12)3-4-8(9)13/h3-5H,6,13H2,1-2H3,(H,14,15). The van der Waals surface area contributed by atoms with Gasteiger partial charge in [-0.15, -0.1) is 11.8 Å². The van der Waals surface area contributed by atoms with Crippen molar-refractivity contribution < 1.29 is 9.90 Å². The smallest absolute Gasteiger partial charge is 0.309 e. The molecule has 0 aromatic heterocycles. The summed E-state index contributed by atoms with van der Waals surface area (Å²) in [5.74, 6) is -0.368. The quantitative estimate of drug-likeness (QED) is 0.644. The van der Waals surface area contributed by atoms with Crippen molar-refractivity contribution in [1.82, 2.24) is 0 Å². The molecule has 5 heteroatoms. The molecule has 0 unspecified atom stereocenters. The van der Waals surface area contributed by atoms with E-state index in [1.807, 2.05) is 0 Å². The van der Waals surface area contributed by atoms with Crippen LogP contribution in [-0.4, -0.2) is 16.8 Å². The highest BCUT2D eigenvalue weighted by Crippen LogP contribution is 2.32. The predicted octanol–water partition coefficient (Wildman–Crippen LogP) is 3.13. The van der Waals surface area contributed by atoms with Gasteiger partial charge in [-0.2, -0.15) is 0 Å². The number of thioether (sulfide) groups is 1. The zero-order valence-electron chi connectivity index (χ0n) is 9.16. The number of carboxylic acid groups (broad SMARTS) is 1. The van der Waals surface area contributed by atoms with Crippen molar-refractivity contribution in [3.63, 3.8) is 0 Å². The second-order valence-corrected chi connectivity index (χ2v) is 5.61. The average Bonchev–Trinajstić information content (AvgIpc) is 2.19. The summed E-state index contributed by atoms with van der Waals surface area (Å²) in [6.07, 6.45) is 0. The number of anilines is 1. The average molecular weight is 260 g/mol. The number of hydrogen-bond acceptors (Lipinski definition) is 3. The van der Waals surface area contributed by atoms with Gasteiger partial charge in [-0.05, 0) is 32.0 Å².